The molecule has 176 valence electrons. The molecule has 4 aliphatic rings. The van der Waals surface area contributed by atoms with Crippen molar-refractivity contribution in [1.82, 2.24) is 0 Å². The van der Waals surface area contributed by atoms with Crippen LogP contribution in [0.25, 0.3) is 0 Å². The highest BCUT2D eigenvalue weighted by atomic mass is 127. The van der Waals surface area contributed by atoms with Crippen molar-refractivity contribution in [3.63, 3.8) is 0 Å². The normalized spacial score (nSPS) is 32.5. The first-order valence-electron chi connectivity index (χ1n) is 11.9. The van der Waals surface area contributed by atoms with E-state index >= 15 is 0 Å². The molecule has 1 saturated carbocycles. The number of ether oxygens (including phenoxy) is 2. The largest absolute Gasteiger partial charge is 1.00 e. The van der Waals surface area contributed by atoms with Gasteiger partial charge in [0.15, 0.2) is 23.4 Å². The van der Waals surface area contributed by atoms with Crippen LogP contribution in [0.4, 0.5) is 0 Å². The molecule has 0 radical (unpaired) electrons. The Morgan fingerprint density at radius 3 is 2.73 bits per heavy atom. The van der Waals surface area contributed by atoms with Crippen LogP contribution >= 0.6 is 0 Å². The molecule has 1 N–H and O–H groups in total. The lowest BCUT2D eigenvalue weighted by molar-refractivity contribution is -0.931. The molecular weight excluding hydrogens is 529 g/mol. The summed E-state index contributed by atoms with van der Waals surface area (Å²) in [5, 5.41) is 10.6. The van der Waals surface area contributed by atoms with Gasteiger partial charge in [-0.25, -0.2) is 0 Å². The van der Waals surface area contributed by atoms with Crippen LogP contribution in [0.5, 0.6) is 11.5 Å². The molecule has 2 heterocycles. The highest BCUT2D eigenvalue weighted by Gasteiger charge is 2.77. The number of Topliss-reactive ketones (excluding diaryl/α,β-unsaturated/α-hetero) is 1. The van der Waals surface area contributed by atoms with Crippen LogP contribution in [0.3, 0.4) is 0 Å². The van der Waals surface area contributed by atoms with E-state index in [-0.39, 0.29) is 41.6 Å². The van der Waals surface area contributed by atoms with E-state index < -0.39 is 17.1 Å². The maximum absolute atomic E-state index is 13.2. The second-order valence-corrected chi connectivity index (χ2v) is 10.7. The molecule has 3 unspecified atom stereocenters. The Hall–Kier alpha value is -1.64. The average Bonchev–Trinajstić information content (AvgIpc) is 3.15. The Kier molecular flexibility index (Phi) is 5.57. The van der Waals surface area contributed by atoms with Gasteiger partial charge in [-0.05, 0) is 36.5 Å². The fourth-order valence-electron chi connectivity index (χ4n) is 7.39. The molecule has 6 rings (SSSR count). The fourth-order valence-corrected chi connectivity index (χ4v) is 7.39. The Balaban J connectivity index is 0.00000228. The van der Waals surface area contributed by atoms with Gasteiger partial charge >= 0.3 is 0 Å². The zero-order valence-corrected chi connectivity index (χ0v) is 21.5. The van der Waals surface area contributed by atoms with Crippen molar-refractivity contribution in [3.05, 3.63) is 59.2 Å². The Morgan fingerprint density at radius 1 is 1.15 bits per heavy atom. The van der Waals surface area contributed by atoms with Gasteiger partial charge in [-0.2, -0.15) is 0 Å². The van der Waals surface area contributed by atoms with Gasteiger partial charge in [0, 0.05) is 31.4 Å². The van der Waals surface area contributed by atoms with Gasteiger partial charge in [0.05, 0.1) is 26.1 Å². The summed E-state index contributed by atoms with van der Waals surface area (Å²) in [6.07, 6.45) is 4.32. The van der Waals surface area contributed by atoms with Crippen LogP contribution in [-0.4, -0.2) is 60.4 Å². The van der Waals surface area contributed by atoms with Crippen molar-refractivity contribution in [1.29, 1.82) is 0 Å². The smallest absolute Gasteiger partial charge is 0.174 e. The third-order valence-corrected chi connectivity index (χ3v) is 8.83. The predicted molar refractivity (Wildman–Crippen MR) is 121 cm³/mol. The van der Waals surface area contributed by atoms with Gasteiger partial charge in [-0.15, -0.1) is 0 Å². The number of hydrogen-bond donors (Lipinski definition) is 1. The number of carbonyl (C=O) groups is 1. The van der Waals surface area contributed by atoms with Crippen molar-refractivity contribution >= 4 is 5.78 Å². The van der Waals surface area contributed by atoms with Gasteiger partial charge < -0.3 is 43.0 Å². The summed E-state index contributed by atoms with van der Waals surface area (Å²) in [7, 11) is 4.61. The van der Waals surface area contributed by atoms with Crippen molar-refractivity contribution < 1.29 is 47.8 Å². The highest BCUT2D eigenvalue weighted by Crippen LogP contribution is 2.66. The Morgan fingerprint density at radius 2 is 1.94 bits per heavy atom. The summed E-state index contributed by atoms with van der Waals surface area (Å²) in [5.41, 5.74) is 2.67. The minimum Gasteiger partial charge on any atom is -1.00 e. The van der Waals surface area contributed by atoms with E-state index in [0.717, 1.165) is 48.7 Å². The Labute approximate surface area is 212 Å². The van der Waals surface area contributed by atoms with Crippen molar-refractivity contribution in [3.8, 4) is 11.5 Å². The van der Waals surface area contributed by atoms with E-state index in [9.17, 15) is 9.90 Å². The first-order valence-corrected chi connectivity index (χ1v) is 11.9. The van der Waals surface area contributed by atoms with Crippen LogP contribution in [-0.2, 0) is 27.8 Å². The molecule has 6 heteroatoms. The summed E-state index contributed by atoms with van der Waals surface area (Å²) in [4.78, 5) is 13.2. The molecule has 2 aromatic rings. The SMILES string of the molecule is C[N+]1(C)CC[C@]23c4c5ccc(O)c4OC2C(=O)CCC3(OCCCc2ccccc2)C1C5.[I-]. The maximum atomic E-state index is 13.2. The maximum Gasteiger partial charge on any atom is 0.174 e. The molecule has 2 bridgehead atoms. The number of hydrogen-bond acceptors (Lipinski definition) is 4. The predicted octanol–water partition coefficient (Wildman–Crippen LogP) is 0.551. The zero-order chi connectivity index (χ0) is 22.1. The molecule has 33 heavy (non-hydrogen) atoms. The molecule has 1 spiro atoms. The topological polar surface area (TPSA) is 55.8 Å². The molecule has 0 aromatic heterocycles. The second-order valence-electron chi connectivity index (χ2n) is 10.7. The number of likely N-dealkylation sites (tertiary alicyclic amines) is 1. The molecule has 0 amide bonds. The minimum atomic E-state index is -0.546. The average molecular weight is 561 g/mol. The number of ketones is 1. The van der Waals surface area contributed by atoms with E-state index in [0.29, 0.717) is 18.8 Å². The van der Waals surface area contributed by atoms with Gasteiger partial charge in [-0.1, -0.05) is 36.4 Å². The number of phenolic OH excluding ortho intramolecular Hbond substituents is 1. The number of carbonyl (C=O) groups excluding carboxylic acids is 1. The lowest BCUT2D eigenvalue weighted by Crippen LogP contribution is -3.00. The van der Waals surface area contributed by atoms with Crippen LogP contribution in [0.15, 0.2) is 42.5 Å². The number of halogens is 1. The molecule has 4 atom stereocenters. The number of rotatable bonds is 5. The molecule has 2 aliphatic heterocycles. The van der Waals surface area contributed by atoms with E-state index in [1.54, 1.807) is 6.07 Å². The first kappa shape index (κ1) is 23.1. The second kappa shape index (κ2) is 7.95. The summed E-state index contributed by atoms with van der Waals surface area (Å²) < 4.78 is 14.2. The minimum absolute atomic E-state index is 0. The van der Waals surface area contributed by atoms with Crippen LogP contribution in [0.2, 0.25) is 0 Å². The number of aryl methyl sites for hydroxylation is 1. The van der Waals surface area contributed by atoms with Gasteiger partial charge in [0.2, 0.25) is 0 Å². The summed E-state index contributed by atoms with van der Waals surface area (Å²) >= 11 is 0. The molecule has 2 aliphatic carbocycles. The monoisotopic (exact) mass is 561 g/mol. The molecular formula is C27H32INO4. The first-order chi connectivity index (χ1) is 15.4. The third kappa shape index (κ3) is 3.06. The molecule has 1 saturated heterocycles. The third-order valence-electron chi connectivity index (χ3n) is 8.83. The Bertz CT molecular complexity index is 1090. The number of phenols is 1. The van der Waals surface area contributed by atoms with E-state index in [2.05, 4.69) is 38.4 Å². The highest BCUT2D eigenvalue weighted by molar-refractivity contribution is 5.90. The van der Waals surface area contributed by atoms with Gasteiger partial charge in [0.25, 0.3) is 0 Å². The zero-order valence-electron chi connectivity index (χ0n) is 19.4. The molecule has 5 nitrogen and oxygen atoms in total. The number of nitrogens with zero attached hydrogens (tertiary/aromatic N) is 1. The number of quaternary nitrogens is 1. The van der Waals surface area contributed by atoms with E-state index in [1.807, 2.05) is 12.1 Å². The van der Waals surface area contributed by atoms with E-state index in [4.69, 9.17) is 9.47 Å². The lowest BCUT2D eigenvalue weighted by atomic mass is 9.48. The summed E-state index contributed by atoms with van der Waals surface area (Å²) in [6.45, 7) is 1.64. The van der Waals surface area contributed by atoms with Crippen molar-refractivity contribution in [2.75, 3.05) is 27.2 Å². The number of likely N-dealkylation sites (N-methyl/N-ethyl adjacent to an activating group) is 1. The molecule has 2 fully saturated rings. The standard InChI is InChI=1S/C27H31NO4.HI/c1-28(2)15-14-26-23-19-10-11-20(29)24(23)32-25(26)21(30)12-13-27(26,22(28)17-19)31-16-6-9-18-7-4-3-5-8-18;/h3-5,7-8,10-11,22,25H,6,9,12-17H2,1-2H3;1H/t22?,25?,26-,27?;/m0./s1. The number of aromatic hydroxyl groups is 1. The number of benzene rings is 2. The lowest BCUT2D eigenvalue weighted by Gasteiger charge is -2.65. The fraction of sp³-hybridized carbons (Fsp3) is 0.519. The number of piperidine rings is 1. The van der Waals surface area contributed by atoms with Crippen molar-refractivity contribution in [2.45, 2.75) is 61.7 Å². The van der Waals surface area contributed by atoms with Crippen LogP contribution < -0.4 is 28.7 Å². The summed E-state index contributed by atoms with van der Waals surface area (Å²) in [5.74, 6) is 0.838. The summed E-state index contributed by atoms with van der Waals surface area (Å²) in [6, 6.07) is 14.6. The van der Waals surface area contributed by atoms with Crippen LogP contribution in [0.1, 0.15) is 42.4 Å². The quantitative estimate of drug-likeness (QED) is 0.330. The van der Waals surface area contributed by atoms with Gasteiger partial charge in [-0.3, -0.25) is 4.79 Å². The van der Waals surface area contributed by atoms with Crippen LogP contribution in [0, 0.1) is 0 Å². The van der Waals surface area contributed by atoms with Crippen molar-refractivity contribution in [2.24, 2.45) is 0 Å². The molecule has 2 aromatic carbocycles. The van der Waals surface area contributed by atoms with Gasteiger partial charge in [0.1, 0.15) is 11.6 Å². The van der Waals surface area contributed by atoms with E-state index in [1.165, 1.54) is 11.1 Å².